The van der Waals surface area contributed by atoms with E-state index in [0.29, 0.717) is 17.4 Å². The summed E-state index contributed by atoms with van der Waals surface area (Å²) < 4.78 is 71.4. The van der Waals surface area contributed by atoms with Gasteiger partial charge in [-0.1, -0.05) is 48.6 Å². The number of alkyl halides is 5. The topological polar surface area (TPSA) is 9.23 Å². The second-order valence-corrected chi connectivity index (χ2v) is 8.07. The van der Waals surface area contributed by atoms with E-state index in [-0.39, 0.29) is 18.6 Å². The molecule has 0 spiro atoms. The van der Waals surface area contributed by atoms with E-state index in [2.05, 4.69) is 12.2 Å². The third-order valence-electron chi connectivity index (χ3n) is 5.91. The molecule has 168 valence electrons. The van der Waals surface area contributed by atoms with Gasteiger partial charge in [-0.15, -0.1) is 0 Å². The summed E-state index contributed by atoms with van der Waals surface area (Å²) >= 11 is 0. The fourth-order valence-electron chi connectivity index (χ4n) is 4.11. The molecule has 1 aliphatic rings. The van der Waals surface area contributed by atoms with Crippen molar-refractivity contribution in [2.45, 2.75) is 57.2 Å². The monoisotopic (exact) mass is 438 g/mol. The highest BCUT2D eigenvalue weighted by molar-refractivity contribution is 5.28. The number of rotatable bonds is 7. The summed E-state index contributed by atoms with van der Waals surface area (Å²) in [6, 6.07) is 10.8. The van der Waals surface area contributed by atoms with E-state index in [4.69, 9.17) is 4.74 Å². The zero-order chi connectivity index (χ0) is 22.5. The molecule has 31 heavy (non-hydrogen) atoms. The second kappa shape index (κ2) is 9.94. The summed E-state index contributed by atoms with van der Waals surface area (Å²) in [4.78, 5) is 0. The maximum atomic E-state index is 14.4. The van der Waals surface area contributed by atoms with Gasteiger partial charge in [0.15, 0.2) is 0 Å². The molecule has 0 radical (unpaired) electrons. The Hall–Kier alpha value is -2.21. The van der Waals surface area contributed by atoms with Crippen LogP contribution in [0.3, 0.4) is 0 Å². The molecule has 0 saturated heterocycles. The Bertz CT molecular complexity index is 845. The predicted molar refractivity (Wildman–Crippen MR) is 111 cm³/mol. The van der Waals surface area contributed by atoms with Crippen LogP contribution in [0, 0.1) is 5.92 Å². The van der Waals surface area contributed by atoms with Gasteiger partial charge >= 0.3 is 12.3 Å². The zero-order valence-corrected chi connectivity index (χ0v) is 17.5. The molecule has 0 heterocycles. The van der Waals surface area contributed by atoms with Gasteiger partial charge in [-0.2, -0.15) is 22.0 Å². The van der Waals surface area contributed by atoms with E-state index in [9.17, 15) is 22.0 Å². The first-order chi connectivity index (χ1) is 14.7. The van der Waals surface area contributed by atoms with E-state index in [0.717, 1.165) is 43.4 Å². The van der Waals surface area contributed by atoms with Crippen molar-refractivity contribution >= 4 is 0 Å². The predicted octanol–water partition coefficient (Wildman–Crippen LogP) is 7.86. The Morgan fingerprint density at radius 1 is 0.839 bits per heavy atom. The standard InChI is InChI=1S/C25H27F5O/c1-2-3-18-4-8-20(9-5-18)21-10-14-23(15-11-21)25(29,30)31-17-16-19-6-12-22(13-7-19)24(26,27)28/h2-3,6-7,10-15,18,20H,4-5,8-9,16-17H2,1H3. The van der Waals surface area contributed by atoms with E-state index < -0.39 is 17.8 Å². The first-order valence-electron chi connectivity index (χ1n) is 10.6. The van der Waals surface area contributed by atoms with Crippen LogP contribution in [0.4, 0.5) is 22.0 Å². The van der Waals surface area contributed by atoms with Crippen molar-refractivity contribution in [3.05, 3.63) is 82.9 Å². The first kappa shape index (κ1) is 23.5. The molecule has 0 unspecified atom stereocenters. The fraction of sp³-hybridized carbons (Fsp3) is 0.440. The lowest BCUT2D eigenvalue weighted by Crippen LogP contribution is -2.20. The van der Waals surface area contributed by atoms with Gasteiger partial charge in [0, 0.05) is 0 Å². The minimum atomic E-state index is -4.42. The van der Waals surface area contributed by atoms with Crippen LogP contribution in [0.25, 0.3) is 0 Å². The molecule has 0 atom stereocenters. The van der Waals surface area contributed by atoms with E-state index in [1.54, 1.807) is 12.1 Å². The molecule has 2 aromatic carbocycles. The number of benzene rings is 2. The van der Waals surface area contributed by atoms with Crippen LogP contribution in [-0.4, -0.2) is 6.61 Å². The third-order valence-corrected chi connectivity index (χ3v) is 5.91. The molecular formula is C25H27F5O. The van der Waals surface area contributed by atoms with Crippen molar-refractivity contribution in [1.82, 2.24) is 0 Å². The molecule has 0 amide bonds. The van der Waals surface area contributed by atoms with Crippen LogP contribution >= 0.6 is 0 Å². The van der Waals surface area contributed by atoms with E-state index >= 15 is 0 Å². The molecule has 6 heteroatoms. The Morgan fingerprint density at radius 3 is 1.97 bits per heavy atom. The highest BCUT2D eigenvalue weighted by atomic mass is 19.4. The van der Waals surface area contributed by atoms with E-state index in [1.165, 1.54) is 24.3 Å². The highest BCUT2D eigenvalue weighted by Gasteiger charge is 2.33. The lowest BCUT2D eigenvalue weighted by Gasteiger charge is -2.27. The van der Waals surface area contributed by atoms with Gasteiger partial charge in [-0.3, -0.25) is 0 Å². The van der Waals surface area contributed by atoms with Crippen LogP contribution in [0.2, 0.25) is 0 Å². The zero-order valence-electron chi connectivity index (χ0n) is 17.5. The maximum Gasteiger partial charge on any atom is 0.416 e. The lowest BCUT2D eigenvalue weighted by molar-refractivity contribution is -0.248. The van der Waals surface area contributed by atoms with Crippen LogP contribution in [0.1, 0.15) is 60.8 Å². The van der Waals surface area contributed by atoms with Gasteiger partial charge in [0.05, 0.1) is 17.7 Å². The second-order valence-electron chi connectivity index (χ2n) is 8.07. The van der Waals surface area contributed by atoms with Crippen molar-refractivity contribution in [2.75, 3.05) is 6.61 Å². The summed E-state index contributed by atoms with van der Waals surface area (Å²) in [5, 5.41) is 0. The molecule has 1 aliphatic carbocycles. The van der Waals surface area contributed by atoms with Crippen molar-refractivity contribution in [1.29, 1.82) is 0 Å². The molecule has 0 bridgehead atoms. The van der Waals surface area contributed by atoms with Crippen molar-refractivity contribution < 1.29 is 26.7 Å². The summed E-state index contributed by atoms with van der Waals surface area (Å²) in [5.41, 5.74) is 0.597. The molecule has 2 aromatic rings. The summed E-state index contributed by atoms with van der Waals surface area (Å²) in [6.07, 6.45) is 0.874. The van der Waals surface area contributed by atoms with Crippen LogP contribution < -0.4 is 0 Å². The van der Waals surface area contributed by atoms with Gasteiger partial charge in [0.2, 0.25) is 0 Å². The molecule has 0 aliphatic heterocycles. The quantitative estimate of drug-likeness (QED) is 0.316. The molecule has 1 nitrogen and oxygen atoms in total. The van der Waals surface area contributed by atoms with Gasteiger partial charge in [-0.25, -0.2) is 0 Å². The Labute approximate surface area is 179 Å². The highest BCUT2D eigenvalue weighted by Crippen LogP contribution is 2.38. The summed E-state index contributed by atoms with van der Waals surface area (Å²) in [7, 11) is 0. The van der Waals surface area contributed by atoms with Gasteiger partial charge < -0.3 is 4.74 Å². The summed E-state index contributed by atoms with van der Waals surface area (Å²) in [5.74, 6) is 1.01. The number of halogens is 5. The molecular weight excluding hydrogens is 411 g/mol. The third kappa shape index (κ3) is 6.39. The number of allylic oxidation sites excluding steroid dienone is 2. The first-order valence-corrected chi connectivity index (χ1v) is 10.6. The van der Waals surface area contributed by atoms with Crippen LogP contribution in [0.5, 0.6) is 0 Å². The van der Waals surface area contributed by atoms with Crippen LogP contribution in [0.15, 0.2) is 60.7 Å². The van der Waals surface area contributed by atoms with Crippen molar-refractivity contribution in [2.24, 2.45) is 5.92 Å². The number of hydrogen-bond acceptors (Lipinski definition) is 1. The van der Waals surface area contributed by atoms with E-state index in [1.807, 2.05) is 6.92 Å². The minimum Gasteiger partial charge on any atom is -0.316 e. The fourth-order valence-corrected chi connectivity index (χ4v) is 4.11. The van der Waals surface area contributed by atoms with Crippen molar-refractivity contribution in [3.8, 4) is 0 Å². The molecule has 3 rings (SSSR count). The molecule has 0 N–H and O–H groups in total. The van der Waals surface area contributed by atoms with Crippen LogP contribution in [-0.2, 0) is 23.4 Å². The minimum absolute atomic E-state index is 0.0985. The Morgan fingerprint density at radius 2 is 1.42 bits per heavy atom. The molecule has 1 saturated carbocycles. The van der Waals surface area contributed by atoms with Crippen molar-refractivity contribution in [3.63, 3.8) is 0 Å². The smallest absolute Gasteiger partial charge is 0.316 e. The average molecular weight is 438 g/mol. The Balaban J connectivity index is 1.52. The maximum absolute atomic E-state index is 14.4. The van der Waals surface area contributed by atoms with Gasteiger partial charge in [0.1, 0.15) is 0 Å². The lowest BCUT2D eigenvalue weighted by atomic mass is 9.78. The van der Waals surface area contributed by atoms with Gasteiger partial charge in [-0.05, 0) is 74.1 Å². The molecule has 1 fully saturated rings. The normalized spacial score (nSPS) is 20.3. The summed E-state index contributed by atoms with van der Waals surface area (Å²) in [6.45, 7) is 1.73. The van der Waals surface area contributed by atoms with Gasteiger partial charge in [0.25, 0.3) is 0 Å². The SMILES string of the molecule is CC=CC1CCC(c2ccc(C(F)(F)OCCc3ccc(C(F)(F)F)cc3)cc2)CC1. The molecule has 0 aromatic heterocycles. The Kier molecular flexibility index (Phi) is 7.52. The average Bonchev–Trinajstić information content (AvgIpc) is 2.74. The largest absolute Gasteiger partial charge is 0.416 e. The number of hydrogen-bond donors (Lipinski definition) is 0. The number of ether oxygens (including phenoxy) is 1.